The second-order valence-electron chi connectivity index (χ2n) is 10.7. The van der Waals surface area contributed by atoms with Crippen molar-refractivity contribution >= 4 is 33.6 Å². The van der Waals surface area contributed by atoms with E-state index in [-0.39, 0.29) is 23.5 Å². The van der Waals surface area contributed by atoms with E-state index in [2.05, 4.69) is 48.8 Å². The fraction of sp³-hybridized carbons (Fsp3) is 0.393. The lowest BCUT2D eigenvalue weighted by molar-refractivity contribution is 0.0950. The van der Waals surface area contributed by atoms with Crippen molar-refractivity contribution in [1.82, 2.24) is 24.3 Å². The number of imidazole rings is 1. The number of Topliss-reactive ketones (excluding diaryl/α,β-unsaturated/α-hetero) is 1. The zero-order valence-electron chi connectivity index (χ0n) is 21.0. The Labute approximate surface area is 205 Å². The van der Waals surface area contributed by atoms with Gasteiger partial charge < -0.3 is 19.4 Å². The number of carbonyl (C=O) groups is 2. The molecule has 1 amide bonds. The maximum Gasteiger partial charge on any atom is 0.267 e. The van der Waals surface area contributed by atoms with Crippen LogP contribution >= 0.6 is 0 Å². The SMILES string of the molecule is CN(C)CC(C)(C)Cn1c(CC(=O)c2ccc3cc4n(c3c2)CCCNC4=O)nc2ccccc21. The fourth-order valence-corrected chi connectivity index (χ4v) is 5.40. The first kappa shape index (κ1) is 23.3. The summed E-state index contributed by atoms with van der Waals surface area (Å²) in [4.78, 5) is 33.0. The molecule has 0 fully saturated rings. The van der Waals surface area contributed by atoms with Gasteiger partial charge in [-0.05, 0) is 50.2 Å². The van der Waals surface area contributed by atoms with Gasteiger partial charge in [0.25, 0.3) is 5.91 Å². The van der Waals surface area contributed by atoms with Crippen LogP contribution in [0.2, 0.25) is 0 Å². The summed E-state index contributed by atoms with van der Waals surface area (Å²) in [5.41, 5.74) is 4.22. The van der Waals surface area contributed by atoms with Crippen LogP contribution in [0.1, 0.15) is 46.9 Å². The molecule has 0 radical (unpaired) electrons. The second-order valence-corrected chi connectivity index (χ2v) is 10.7. The Morgan fingerprint density at radius 1 is 1.11 bits per heavy atom. The zero-order chi connectivity index (χ0) is 24.7. The molecule has 0 bridgehead atoms. The van der Waals surface area contributed by atoms with E-state index in [9.17, 15) is 9.59 Å². The predicted octanol–water partition coefficient (Wildman–Crippen LogP) is 4.14. The molecular formula is C28H33N5O2. The highest BCUT2D eigenvalue weighted by Gasteiger charge is 2.25. The maximum atomic E-state index is 13.5. The van der Waals surface area contributed by atoms with E-state index >= 15 is 0 Å². The molecule has 1 aliphatic heterocycles. The summed E-state index contributed by atoms with van der Waals surface area (Å²) in [5, 5.41) is 3.92. The highest BCUT2D eigenvalue weighted by Crippen LogP contribution is 2.27. The van der Waals surface area contributed by atoms with Crippen LogP contribution in [0.15, 0.2) is 48.5 Å². The molecule has 0 atom stereocenters. The summed E-state index contributed by atoms with van der Waals surface area (Å²) in [6, 6.07) is 15.7. The minimum atomic E-state index is -0.0550. The third kappa shape index (κ3) is 4.60. The van der Waals surface area contributed by atoms with Gasteiger partial charge in [-0.2, -0.15) is 0 Å². The van der Waals surface area contributed by atoms with Crippen LogP contribution in [-0.2, 0) is 19.5 Å². The molecule has 0 spiro atoms. The van der Waals surface area contributed by atoms with Gasteiger partial charge in [0.1, 0.15) is 11.5 Å². The molecule has 3 heterocycles. The van der Waals surface area contributed by atoms with Crippen LogP contribution in [0.4, 0.5) is 0 Å². The normalized spacial score (nSPS) is 14.4. The lowest BCUT2D eigenvalue weighted by Gasteiger charge is -2.29. The quantitative estimate of drug-likeness (QED) is 0.411. The first-order chi connectivity index (χ1) is 16.7. The van der Waals surface area contributed by atoms with E-state index < -0.39 is 0 Å². The molecule has 1 aliphatic rings. The van der Waals surface area contributed by atoms with E-state index in [1.165, 1.54) is 0 Å². The molecule has 35 heavy (non-hydrogen) atoms. The Hall–Kier alpha value is -3.45. The second kappa shape index (κ2) is 8.96. The van der Waals surface area contributed by atoms with Crippen molar-refractivity contribution in [3.05, 3.63) is 65.6 Å². The van der Waals surface area contributed by atoms with Gasteiger partial charge in [0.15, 0.2) is 5.78 Å². The van der Waals surface area contributed by atoms with E-state index in [0.717, 1.165) is 53.8 Å². The first-order valence-electron chi connectivity index (χ1n) is 12.3. The summed E-state index contributed by atoms with van der Waals surface area (Å²) < 4.78 is 4.25. The molecule has 0 aliphatic carbocycles. The van der Waals surface area contributed by atoms with E-state index in [1.54, 1.807) is 0 Å². The number of para-hydroxylation sites is 2. The Bertz CT molecular complexity index is 1430. The minimum Gasteiger partial charge on any atom is -0.351 e. The van der Waals surface area contributed by atoms with Gasteiger partial charge in [0, 0.05) is 42.6 Å². The molecule has 5 rings (SSSR count). The maximum absolute atomic E-state index is 13.5. The number of aromatic nitrogens is 3. The van der Waals surface area contributed by atoms with Crippen molar-refractivity contribution < 1.29 is 9.59 Å². The van der Waals surface area contributed by atoms with Crippen molar-refractivity contribution in [3.8, 4) is 0 Å². The van der Waals surface area contributed by atoms with Crippen LogP contribution in [0, 0.1) is 5.41 Å². The van der Waals surface area contributed by atoms with Crippen molar-refractivity contribution in [2.45, 2.75) is 39.8 Å². The van der Waals surface area contributed by atoms with Crippen molar-refractivity contribution in [2.24, 2.45) is 5.41 Å². The highest BCUT2D eigenvalue weighted by atomic mass is 16.2. The zero-order valence-corrected chi connectivity index (χ0v) is 21.0. The molecule has 0 saturated carbocycles. The highest BCUT2D eigenvalue weighted by molar-refractivity contribution is 6.03. The molecule has 2 aromatic carbocycles. The number of nitrogens with zero attached hydrogens (tertiary/aromatic N) is 4. The largest absolute Gasteiger partial charge is 0.351 e. The van der Waals surface area contributed by atoms with E-state index in [0.29, 0.717) is 17.8 Å². The molecule has 0 unspecified atom stereocenters. The van der Waals surface area contributed by atoms with Crippen LogP contribution in [-0.4, -0.2) is 57.9 Å². The van der Waals surface area contributed by atoms with Crippen molar-refractivity contribution in [1.29, 1.82) is 0 Å². The number of ketones is 1. The number of hydrogen-bond acceptors (Lipinski definition) is 4. The van der Waals surface area contributed by atoms with Crippen LogP contribution in [0.5, 0.6) is 0 Å². The average Bonchev–Trinajstić information content (AvgIpc) is 3.26. The molecule has 7 nitrogen and oxygen atoms in total. The smallest absolute Gasteiger partial charge is 0.267 e. The van der Waals surface area contributed by atoms with E-state index in [4.69, 9.17) is 4.98 Å². The molecule has 7 heteroatoms. The standard InChI is InChI=1S/C28H33N5O2/c1-28(2,17-31(3)4)18-33-22-9-6-5-8-21(22)30-26(33)16-25(34)20-11-10-19-14-24-27(35)29-12-7-13-32(24)23(19)15-20/h5-6,8-11,14-15H,7,12-13,16-18H2,1-4H3,(H,29,35). The number of carbonyl (C=O) groups excluding carboxylic acids is 2. The summed E-state index contributed by atoms with van der Waals surface area (Å²) >= 11 is 0. The van der Waals surface area contributed by atoms with E-state index in [1.807, 2.05) is 47.0 Å². The van der Waals surface area contributed by atoms with Gasteiger partial charge in [0.2, 0.25) is 0 Å². The average molecular weight is 472 g/mol. The van der Waals surface area contributed by atoms with Gasteiger partial charge in [-0.3, -0.25) is 9.59 Å². The Kier molecular flexibility index (Phi) is 5.97. The van der Waals surface area contributed by atoms with Crippen LogP contribution in [0.3, 0.4) is 0 Å². The molecular weight excluding hydrogens is 438 g/mol. The number of fused-ring (bicyclic) bond motifs is 4. The molecule has 4 aromatic rings. The summed E-state index contributed by atoms with van der Waals surface area (Å²) in [6.45, 7) is 7.61. The predicted molar refractivity (Wildman–Crippen MR) is 139 cm³/mol. The number of benzene rings is 2. The van der Waals surface area contributed by atoms with Crippen LogP contribution in [0.25, 0.3) is 21.9 Å². The third-order valence-electron chi connectivity index (χ3n) is 6.69. The number of aryl methyl sites for hydroxylation is 1. The Morgan fingerprint density at radius 2 is 1.91 bits per heavy atom. The number of nitrogens with one attached hydrogen (secondary N) is 1. The number of rotatable bonds is 7. The third-order valence-corrected chi connectivity index (χ3v) is 6.69. The summed E-state index contributed by atoms with van der Waals surface area (Å²) in [6.07, 6.45) is 1.10. The first-order valence-corrected chi connectivity index (χ1v) is 12.3. The van der Waals surface area contributed by atoms with Crippen LogP contribution < -0.4 is 5.32 Å². The Balaban J connectivity index is 1.49. The monoisotopic (exact) mass is 471 g/mol. The molecule has 182 valence electrons. The fourth-order valence-electron chi connectivity index (χ4n) is 5.40. The van der Waals surface area contributed by atoms with Crippen molar-refractivity contribution in [2.75, 3.05) is 27.2 Å². The lowest BCUT2D eigenvalue weighted by atomic mass is 9.92. The van der Waals surface area contributed by atoms with Crippen molar-refractivity contribution in [3.63, 3.8) is 0 Å². The molecule has 2 aromatic heterocycles. The lowest BCUT2D eigenvalue weighted by Crippen LogP contribution is -2.33. The minimum absolute atomic E-state index is 0.00769. The van der Waals surface area contributed by atoms with Gasteiger partial charge in [-0.1, -0.05) is 38.1 Å². The topological polar surface area (TPSA) is 72.2 Å². The van der Waals surface area contributed by atoms with Gasteiger partial charge in [-0.15, -0.1) is 0 Å². The number of hydrogen-bond donors (Lipinski definition) is 1. The Morgan fingerprint density at radius 3 is 2.71 bits per heavy atom. The van der Waals surface area contributed by atoms with Gasteiger partial charge >= 0.3 is 0 Å². The summed E-state index contributed by atoms with van der Waals surface area (Å²) in [5.74, 6) is 0.764. The number of amides is 1. The molecule has 1 N–H and O–H groups in total. The molecule has 0 saturated heterocycles. The van der Waals surface area contributed by atoms with Gasteiger partial charge in [0.05, 0.1) is 17.5 Å². The summed E-state index contributed by atoms with van der Waals surface area (Å²) in [7, 11) is 4.17. The van der Waals surface area contributed by atoms with Gasteiger partial charge in [-0.25, -0.2) is 4.98 Å².